The highest BCUT2D eigenvalue weighted by atomic mass is 79.9. The molecule has 0 aromatic heterocycles. The van der Waals surface area contributed by atoms with Gasteiger partial charge in [0.25, 0.3) is 0 Å². The van der Waals surface area contributed by atoms with Gasteiger partial charge in [-0.25, -0.2) is 0 Å². The van der Waals surface area contributed by atoms with Gasteiger partial charge < -0.3 is 10.2 Å². The van der Waals surface area contributed by atoms with E-state index >= 15 is 0 Å². The average molecular weight is 710 g/mol. The first-order chi connectivity index (χ1) is 14.9. The highest BCUT2D eigenvalue weighted by Gasteiger charge is 2.71. The van der Waals surface area contributed by atoms with Crippen molar-refractivity contribution in [1.29, 1.82) is 0 Å². The molecule has 0 bridgehead atoms. The Morgan fingerprint density at radius 1 is 0.938 bits per heavy atom. The fourth-order valence-corrected chi connectivity index (χ4v) is 9.35. The normalized spacial score (nSPS) is 32.2. The van der Waals surface area contributed by atoms with E-state index in [0.717, 1.165) is 51.4 Å². The van der Waals surface area contributed by atoms with Gasteiger partial charge in [0, 0.05) is 4.48 Å². The van der Waals surface area contributed by atoms with Gasteiger partial charge in [0.1, 0.15) is 5.92 Å². The van der Waals surface area contributed by atoms with E-state index < -0.39 is 30.8 Å². The van der Waals surface area contributed by atoms with Gasteiger partial charge in [-0.05, 0) is 24.7 Å². The standard InChI is InChI=1S/C24H38Br4O4/c1-5-9-11-16(7-3)14-22(26)19(25)13-18(20(29)30)24(28,21(31)32)23(22,27)15-17(8-4)12-10-6-2/h13,16-18H,5-12,14-15H2,1-4H3,(H,29,30)(H,31,32). The van der Waals surface area contributed by atoms with Crippen LogP contribution in [0.25, 0.3) is 0 Å². The summed E-state index contributed by atoms with van der Waals surface area (Å²) < 4.78 is -2.83. The van der Waals surface area contributed by atoms with Crippen LogP contribution in [-0.2, 0) is 9.59 Å². The number of aliphatic carboxylic acids is 2. The Balaban J connectivity index is 3.71. The van der Waals surface area contributed by atoms with Gasteiger partial charge in [-0.2, -0.15) is 0 Å². The Labute approximate surface area is 227 Å². The molecule has 1 aliphatic rings. The molecule has 2 N–H and O–H groups in total. The van der Waals surface area contributed by atoms with Crippen molar-refractivity contribution in [2.75, 3.05) is 0 Å². The zero-order chi connectivity index (χ0) is 24.7. The Morgan fingerprint density at radius 3 is 1.78 bits per heavy atom. The summed E-state index contributed by atoms with van der Waals surface area (Å²) in [6, 6.07) is 0. The summed E-state index contributed by atoms with van der Waals surface area (Å²) in [7, 11) is 0. The number of carbonyl (C=O) groups is 2. The summed E-state index contributed by atoms with van der Waals surface area (Å²) in [5.41, 5.74) is 0. The molecule has 0 radical (unpaired) electrons. The van der Waals surface area contributed by atoms with Gasteiger partial charge in [0.2, 0.25) is 0 Å². The van der Waals surface area contributed by atoms with Gasteiger partial charge >= 0.3 is 11.9 Å². The zero-order valence-electron chi connectivity index (χ0n) is 19.6. The fourth-order valence-electron chi connectivity index (χ4n) is 4.91. The average Bonchev–Trinajstić information content (AvgIpc) is 2.75. The van der Waals surface area contributed by atoms with Crippen LogP contribution in [0.2, 0.25) is 0 Å². The molecule has 0 aliphatic heterocycles. The van der Waals surface area contributed by atoms with E-state index in [1.54, 1.807) is 6.08 Å². The first-order valence-electron chi connectivity index (χ1n) is 11.8. The lowest BCUT2D eigenvalue weighted by Crippen LogP contribution is -2.69. The van der Waals surface area contributed by atoms with Crippen LogP contribution in [0.1, 0.15) is 91.9 Å². The number of halogens is 4. The molecule has 6 unspecified atom stereocenters. The SMILES string of the molecule is CCCCC(CC)CC1(Br)C(Br)=CC(C(=O)O)C(Br)(C(=O)O)C1(Br)CC(CC)CCCC. The second-order valence-corrected chi connectivity index (χ2v) is 14.0. The molecule has 8 heteroatoms. The summed E-state index contributed by atoms with van der Waals surface area (Å²) in [5.74, 6) is -2.88. The maximum absolute atomic E-state index is 12.8. The molecule has 0 saturated carbocycles. The third kappa shape index (κ3) is 6.04. The quantitative estimate of drug-likeness (QED) is 0.177. The van der Waals surface area contributed by atoms with Crippen LogP contribution in [0.3, 0.4) is 0 Å². The van der Waals surface area contributed by atoms with Gasteiger partial charge in [0.05, 0.1) is 8.65 Å². The number of alkyl halides is 3. The molecule has 186 valence electrons. The van der Waals surface area contributed by atoms with E-state index in [9.17, 15) is 19.8 Å². The van der Waals surface area contributed by atoms with Crippen molar-refractivity contribution in [3.8, 4) is 0 Å². The van der Waals surface area contributed by atoms with Crippen LogP contribution in [-0.4, -0.2) is 35.1 Å². The number of unbranched alkanes of at least 4 members (excludes halogenated alkanes) is 2. The van der Waals surface area contributed by atoms with E-state index in [4.69, 9.17) is 0 Å². The molecule has 0 saturated heterocycles. The fraction of sp³-hybridized carbons (Fsp3) is 0.833. The summed E-state index contributed by atoms with van der Waals surface area (Å²) in [6.07, 6.45) is 11.1. The molecular formula is C24H38Br4O4. The summed E-state index contributed by atoms with van der Waals surface area (Å²) in [6.45, 7) is 8.62. The molecule has 6 atom stereocenters. The van der Waals surface area contributed by atoms with Crippen molar-refractivity contribution < 1.29 is 19.8 Å². The molecule has 0 aromatic rings. The largest absolute Gasteiger partial charge is 0.481 e. The van der Waals surface area contributed by atoms with Crippen LogP contribution in [0.4, 0.5) is 0 Å². The maximum atomic E-state index is 12.8. The van der Waals surface area contributed by atoms with E-state index in [2.05, 4.69) is 91.4 Å². The van der Waals surface area contributed by atoms with Crippen molar-refractivity contribution in [2.45, 2.75) is 105 Å². The molecule has 0 spiro atoms. The zero-order valence-corrected chi connectivity index (χ0v) is 25.9. The van der Waals surface area contributed by atoms with Crippen LogP contribution in [0, 0.1) is 17.8 Å². The predicted molar refractivity (Wildman–Crippen MR) is 147 cm³/mol. The number of hydrogen-bond donors (Lipinski definition) is 2. The third-order valence-corrected chi connectivity index (χ3v) is 14.2. The highest BCUT2D eigenvalue weighted by molar-refractivity contribution is 9.16. The lowest BCUT2D eigenvalue weighted by atomic mass is 9.63. The Bertz CT molecular complexity index is 685. The molecule has 0 amide bonds. The van der Waals surface area contributed by atoms with Gasteiger partial charge in [-0.15, -0.1) is 0 Å². The molecule has 4 nitrogen and oxygen atoms in total. The third-order valence-electron chi connectivity index (χ3n) is 7.13. The van der Waals surface area contributed by atoms with E-state index in [0.29, 0.717) is 23.2 Å². The number of hydrogen-bond acceptors (Lipinski definition) is 2. The van der Waals surface area contributed by atoms with Crippen molar-refractivity contribution in [3.05, 3.63) is 10.6 Å². The number of carboxylic acid groups (broad SMARTS) is 2. The number of allylic oxidation sites excluding steroid dienone is 1. The number of carboxylic acids is 2. The monoisotopic (exact) mass is 706 g/mol. The van der Waals surface area contributed by atoms with E-state index in [1.165, 1.54) is 0 Å². The second-order valence-electron chi connectivity index (χ2n) is 9.19. The molecule has 1 rings (SSSR count). The molecule has 1 aliphatic carbocycles. The van der Waals surface area contributed by atoms with Crippen LogP contribution < -0.4 is 0 Å². The minimum absolute atomic E-state index is 0.270. The summed E-state index contributed by atoms with van der Waals surface area (Å²) >= 11 is 15.2. The minimum atomic E-state index is -1.71. The summed E-state index contributed by atoms with van der Waals surface area (Å²) in [4.78, 5) is 25.1. The first kappa shape index (κ1) is 30.6. The lowest BCUT2D eigenvalue weighted by Gasteiger charge is -2.57. The number of rotatable bonds is 14. The van der Waals surface area contributed by atoms with Gasteiger partial charge in [-0.1, -0.05) is 149 Å². The second kappa shape index (κ2) is 13.1. The molecule has 0 aromatic carbocycles. The molecule has 0 fully saturated rings. The Hall–Kier alpha value is 0.600. The Kier molecular flexibility index (Phi) is 12.5. The Morgan fingerprint density at radius 2 is 1.41 bits per heavy atom. The van der Waals surface area contributed by atoms with Gasteiger partial charge in [-0.3, -0.25) is 9.59 Å². The first-order valence-corrected chi connectivity index (χ1v) is 15.0. The van der Waals surface area contributed by atoms with E-state index in [1.807, 2.05) is 0 Å². The smallest absolute Gasteiger partial charge is 0.323 e. The van der Waals surface area contributed by atoms with Crippen LogP contribution in [0.5, 0.6) is 0 Å². The van der Waals surface area contributed by atoms with Crippen LogP contribution in [0.15, 0.2) is 10.6 Å². The molecule has 32 heavy (non-hydrogen) atoms. The van der Waals surface area contributed by atoms with Crippen LogP contribution >= 0.6 is 63.7 Å². The van der Waals surface area contributed by atoms with E-state index in [-0.39, 0.29) is 5.92 Å². The lowest BCUT2D eigenvalue weighted by molar-refractivity contribution is -0.151. The van der Waals surface area contributed by atoms with Crippen molar-refractivity contribution in [2.24, 2.45) is 17.8 Å². The van der Waals surface area contributed by atoms with Crippen molar-refractivity contribution >= 4 is 75.7 Å². The maximum Gasteiger partial charge on any atom is 0.323 e. The van der Waals surface area contributed by atoms with Crippen molar-refractivity contribution in [3.63, 3.8) is 0 Å². The molecular weight excluding hydrogens is 672 g/mol. The highest BCUT2D eigenvalue weighted by Crippen LogP contribution is 2.65. The predicted octanol–water partition coefficient (Wildman–Crippen LogP) is 8.68. The molecule has 0 heterocycles. The minimum Gasteiger partial charge on any atom is -0.481 e. The van der Waals surface area contributed by atoms with Gasteiger partial charge in [0.15, 0.2) is 4.32 Å². The topological polar surface area (TPSA) is 74.6 Å². The van der Waals surface area contributed by atoms with Crippen molar-refractivity contribution in [1.82, 2.24) is 0 Å². The summed E-state index contributed by atoms with van der Waals surface area (Å²) in [5, 5.41) is 20.5.